The lowest BCUT2D eigenvalue weighted by Gasteiger charge is -1.98. The van der Waals surface area contributed by atoms with Crippen molar-refractivity contribution in [2.45, 2.75) is 9.24 Å². The number of hydrogen-bond acceptors (Lipinski definition) is 5. The lowest BCUT2D eigenvalue weighted by Crippen LogP contribution is -2.01. The maximum atomic E-state index is 12.0. The van der Waals surface area contributed by atoms with Gasteiger partial charge in [-0.2, -0.15) is 0 Å². The Balaban J connectivity index is 2.51. The van der Waals surface area contributed by atoms with Gasteiger partial charge in [0.25, 0.3) is 0 Å². The maximum absolute atomic E-state index is 12.0. The van der Waals surface area contributed by atoms with Crippen molar-refractivity contribution in [3.05, 3.63) is 41.4 Å². The van der Waals surface area contributed by atoms with E-state index in [1.54, 1.807) is 18.2 Å². The molecule has 0 radical (unpaired) electrons. The Morgan fingerprint density at radius 1 is 1.19 bits per heavy atom. The highest BCUT2D eigenvalue weighted by Gasteiger charge is 2.20. The van der Waals surface area contributed by atoms with Gasteiger partial charge in [-0.3, -0.25) is 4.79 Å². The molecular formula is C10H7NO3S2. The second kappa shape index (κ2) is 4.15. The fourth-order valence-corrected chi connectivity index (χ4v) is 3.52. The summed E-state index contributed by atoms with van der Waals surface area (Å²) in [5, 5.41) is 1.42. The minimum Gasteiger partial charge on any atom is -0.296 e. The summed E-state index contributed by atoms with van der Waals surface area (Å²) in [6.07, 6.45) is 0.528. The lowest BCUT2D eigenvalue weighted by atomic mass is 10.4. The number of thiazole rings is 1. The number of sulfone groups is 1. The van der Waals surface area contributed by atoms with Gasteiger partial charge in [-0.15, -0.1) is 11.3 Å². The van der Waals surface area contributed by atoms with Crippen LogP contribution in [0.15, 0.2) is 44.9 Å². The Morgan fingerprint density at radius 3 is 2.44 bits per heavy atom. The van der Waals surface area contributed by atoms with Crippen LogP contribution in [0.1, 0.15) is 10.5 Å². The molecule has 0 saturated carbocycles. The van der Waals surface area contributed by atoms with E-state index in [0.717, 1.165) is 11.3 Å². The van der Waals surface area contributed by atoms with Gasteiger partial charge in [-0.1, -0.05) is 18.2 Å². The van der Waals surface area contributed by atoms with Crippen molar-refractivity contribution in [3.8, 4) is 0 Å². The zero-order valence-electron chi connectivity index (χ0n) is 8.03. The Labute approximate surface area is 96.5 Å². The highest BCUT2D eigenvalue weighted by Crippen LogP contribution is 2.23. The number of aldehydes is 1. The zero-order chi connectivity index (χ0) is 11.6. The number of hydrogen-bond donors (Lipinski definition) is 0. The topological polar surface area (TPSA) is 64.1 Å². The molecule has 0 N–H and O–H groups in total. The van der Waals surface area contributed by atoms with Crippen molar-refractivity contribution < 1.29 is 13.2 Å². The number of aromatic nitrogens is 1. The molecule has 0 spiro atoms. The number of benzene rings is 1. The van der Waals surface area contributed by atoms with E-state index in [1.165, 1.54) is 17.5 Å². The molecule has 2 aromatic rings. The van der Waals surface area contributed by atoms with Crippen LogP contribution < -0.4 is 0 Å². The number of carbonyl (C=O) groups excluding carboxylic acids is 1. The molecule has 82 valence electrons. The first-order valence-corrected chi connectivity index (χ1v) is 6.72. The van der Waals surface area contributed by atoms with Gasteiger partial charge in [-0.25, -0.2) is 13.4 Å². The molecule has 1 heterocycles. The summed E-state index contributed by atoms with van der Waals surface area (Å²) in [4.78, 5) is 14.4. The SMILES string of the molecule is O=Cc1csc(S(=O)(=O)c2ccccc2)n1. The predicted molar refractivity (Wildman–Crippen MR) is 59.4 cm³/mol. The minimum absolute atomic E-state index is 0.0548. The fraction of sp³-hybridized carbons (Fsp3) is 0. The molecule has 2 rings (SSSR count). The standard InChI is InChI=1S/C10H7NO3S2/c12-6-8-7-15-10(11-8)16(13,14)9-4-2-1-3-5-9/h1-7H. The summed E-state index contributed by atoms with van der Waals surface area (Å²) in [6, 6.07) is 8.01. The van der Waals surface area contributed by atoms with Gasteiger partial charge in [0, 0.05) is 5.38 Å². The molecule has 0 bridgehead atoms. The van der Waals surface area contributed by atoms with Crippen LogP contribution in [0.4, 0.5) is 0 Å². The first-order chi connectivity index (χ1) is 7.64. The molecule has 0 aliphatic carbocycles. The molecule has 6 heteroatoms. The molecule has 0 atom stereocenters. The number of rotatable bonds is 3. The van der Waals surface area contributed by atoms with Gasteiger partial charge in [0.1, 0.15) is 5.69 Å². The second-order valence-corrected chi connectivity index (χ2v) is 5.95. The van der Waals surface area contributed by atoms with Crippen molar-refractivity contribution in [2.75, 3.05) is 0 Å². The number of carbonyl (C=O) groups is 1. The normalized spacial score (nSPS) is 11.2. The van der Waals surface area contributed by atoms with Crippen LogP contribution in [0, 0.1) is 0 Å². The maximum Gasteiger partial charge on any atom is 0.233 e. The molecule has 0 saturated heterocycles. The van der Waals surface area contributed by atoms with Crippen molar-refractivity contribution >= 4 is 27.5 Å². The van der Waals surface area contributed by atoms with Crippen LogP contribution in [0.3, 0.4) is 0 Å². The first kappa shape index (κ1) is 11.0. The van der Waals surface area contributed by atoms with Crippen LogP contribution in [0.25, 0.3) is 0 Å². The van der Waals surface area contributed by atoms with Gasteiger partial charge in [0.15, 0.2) is 6.29 Å². The monoisotopic (exact) mass is 253 g/mol. The van der Waals surface area contributed by atoms with Crippen LogP contribution in [0.2, 0.25) is 0 Å². The van der Waals surface area contributed by atoms with Crippen LogP contribution in [0.5, 0.6) is 0 Å². The number of nitrogens with zero attached hydrogens (tertiary/aromatic N) is 1. The van der Waals surface area contributed by atoms with Gasteiger partial charge in [0.2, 0.25) is 14.2 Å². The van der Waals surface area contributed by atoms with E-state index in [9.17, 15) is 13.2 Å². The van der Waals surface area contributed by atoms with Gasteiger partial charge in [-0.05, 0) is 12.1 Å². The summed E-state index contributed by atoms with van der Waals surface area (Å²) >= 11 is 0.946. The van der Waals surface area contributed by atoms with E-state index in [-0.39, 0.29) is 14.9 Å². The Morgan fingerprint density at radius 2 is 1.88 bits per heavy atom. The minimum atomic E-state index is -3.58. The molecular weight excluding hydrogens is 246 g/mol. The smallest absolute Gasteiger partial charge is 0.233 e. The first-order valence-electron chi connectivity index (χ1n) is 4.35. The van der Waals surface area contributed by atoms with Crippen LogP contribution in [-0.4, -0.2) is 19.7 Å². The molecule has 0 aliphatic heterocycles. The quantitative estimate of drug-likeness (QED) is 0.782. The molecule has 0 unspecified atom stereocenters. The van der Waals surface area contributed by atoms with Gasteiger partial charge >= 0.3 is 0 Å². The molecule has 16 heavy (non-hydrogen) atoms. The fourth-order valence-electron chi connectivity index (χ4n) is 1.15. The van der Waals surface area contributed by atoms with Crippen LogP contribution >= 0.6 is 11.3 Å². The summed E-state index contributed by atoms with van der Waals surface area (Å²) < 4.78 is 23.9. The third-order valence-electron chi connectivity index (χ3n) is 1.91. The third-order valence-corrected chi connectivity index (χ3v) is 4.95. The van der Waals surface area contributed by atoms with E-state index in [0.29, 0.717) is 6.29 Å². The predicted octanol–water partition coefficient (Wildman–Crippen LogP) is 1.79. The molecule has 0 amide bonds. The summed E-state index contributed by atoms with van der Waals surface area (Å²) in [6.45, 7) is 0. The van der Waals surface area contributed by atoms with E-state index in [2.05, 4.69) is 4.98 Å². The van der Waals surface area contributed by atoms with Crippen LogP contribution in [-0.2, 0) is 9.84 Å². The van der Waals surface area contributed by atoms with Crippen molar-refractivity contribution in [1.82, 2.24) is 4.98 Å². The van der Waals surface area contributed by atoms with Crippen molar-refractivity contribution in [3.63, 3.8) is 0 Å². The zero-order valence-corrected chi connectivity index (χ0v) is 9.66. The largest absolute Gasteiger partial charge is 0.296 e. The Bertz CT molecular complexity index is 602. The van der Waals surface area contributed by atoms with Gasteiger partial charge in [0.05, 0.1) is 4.90 Å². The lowest BCUT2D eigenvalue weighted by molar-refractivity contribution is 0.111. The Hall–Kier alpha value is -1.53. The molecule has 0 fully saturated rings. The summed E-state index contributed by atoms with van der Waals surface area (Å²) in [7, 11) is -3.58. The van der Waals surface area contributed by atoms with E-state index < -0.39 is 9.84 Å². The summed E-state index contributed by atoms with van der Waals surface area (Å²) in [5.41, 5.74) is 0.138. The van der Waals surface area contributed by atoms with Crippen molar-refractivity contribution in [2.24, 2.45) is 0 Å². The van der Waals surface area contributed by atoms with E-state index >= 15 is 0 Å². The average molecular weight is 253 g/mol. The molecule has 1 aromatic carbocycles. The van der Waals surface area contributed by atoms with E-state index in [4.69, 9.17) is 0 Å². The highest BCUT2D eigenvalue weighted by atomic mass is 32.2. The molecule has 0 aliphatic rings. The third kappa shape index (κ3) is 1.89. The molecule has 4 nitrogen and oxygen atoms in total. The average Bonchev–Trinajstić information content (AvgIpc) is 2.79. The summed E-state index contributed by atoms with van der Waals surface area (Å²) in [5.74, 6) is 0. The van der Waals surface area contributed by atoms with Gasteiger partial charge < -0.3 is 0 Å². The van der Waals surface area contributed by atoms with E-state index in [1.807, 2.05) is 0 Å². The van der Waals surface area contributed by atoms with Crippen molar-refractivity contribution in [1.29, 1.82) is 0 Å². The second-order valence-electron chi connectivity index (χ2n) is 2.97. The highest BCUT2D eigenvalue weighted by molar-refractivity contribution is 7.93. The molecule has 1 aromatic heterocycles. The Kier molecular flexibility index (Phi) is 2.84.